The van der Waals surface area contributed by atoms with E-state index in [0.29, 0.717) is 6.04 Å². The summed E-state index contributed by atoms with van der Waals surface area (Å²) in [5.41, 5.74) is 1.25. The van der Waals surface area contributed by atoms with Crippen LogP contribution < -0.4 is 10.2 Å². The van der Waals surface area contributed by atoms with Gasteiger partial charge >= 0.3 is 0 Å². The van der Waals surface area contributed by atoms with Gasteiger partial charge in [-0.3, -0.25) is 4.68 Å². The van der Waals surface area contributed by atoms with E-state index < -0.39 is 0 Å². The van der Waals surface area contributed by atoms with Gasteiger partial charge in [0.1, 0.15) is 24.3 Å². The van der Waals surface area contributed by atoms with Crippen molar-refractivity contribution in [2.24, 2.45) is 0 Å². The fourth-order valence-corrected chi connectivity index (χ4v) is 3.20. The van der Waals surface area contributed by atoms with E-state index in [1.165, 1.54) is 5.56 Å². The van der Waals surface area contributed by atoms with Crippen molar-refractivity contribution in [2.45, 2.75) is 52.1 Å². The summed E-state index contributed by atoms with van der Waals surface area (Å²) in [5, 5.41) is 7.80. The number of anilines is 1. The summed E-state index contributed by atoms with van der Waals surface area (Å²) in [7, 11) is 0. The topological polar surface area (TPSA) is 71.8 Å². The molecule has 2 aromatic heterocycles. The molecule has 24 heavy (non-hydrogen) atoms. The van der Waals surface area contributed by atoms with Crippen molar-refractivity contribution < 1.29 is 0 Å². The second-order valence-electron chi connectivity index (χ2n) is 6.35. The van der Waals surface area contributed by atoms with Crippen LogP contribution in [0.1, 0.15) is 37.6 Å². The molecule has 0 atom stereocenters. The Morgan fingerprint density at radius 3 is 2.83 bits per heavy atom. The van der Waals surface area contributed by atoms with Gasteiger partial charge in [0.25, 0.3) is 0 Å². The van der Waals surface area contributed by atoms with Gasteiger partial charge in [-0.1, -0.05) is 6.92 Å². The van der Waals surface area contributed by atoms with Gasteiger partial charge in [0, 0.05) is 37.4 Å². The lowest BCUT2D eigenvalue weighted by Crippen LogP contribution is -2.43. The van der Waals surface area contributed by atoms with Crippen LogP contribution in [0.4, 0.5) is 5.82 Å². The molecule has 3 rings (SSSR count). The van der Waals surface area contributed by atoms with E-state index in [0.717, 1.165) is 63.5 Å². The Labute approximate surface area is 143 Å². The van der Waals surface area contributed by atoms with Crippen LogP contribution in [0.5, 0.6) is 0 Å². The third-order valence-electron chi connectivity index (χ3n) is 4.60. The molecule has 0 unspecified atom stereocenters. The van der Waals surface area contributed by atoms with Crippen LogP contribution in [0.3, 0.4) is 0 Å². The Morgan fingerprint density at radius 2 is 2.12 bits per heavy atom. The lowest BCUT2D eigenvalue weighted by molar-refractivity contribution is 0.402. The van der Waals surface area contributed by atoms with E-state index in [1.807, 2.05) is 17.8 Å². The Bertz CT molecular complexity index is 618. The first kappa shape index (κ1) is 16.8. The average Bonchev–Trinajstić information content (AvgIpc) is 3.13. The molecule has 130 valence electrons. The SMILES string of the molecule is CCc1cnc(C)nc1N1CCC(NCCCn2cncn2)CC1. The minimum Gasteiger partial charge on any atom is -0.356 e. The Morgan fingerprint density at radius 1 is 1.29 bits per heavy atom. The van der Waals surface area contributed by atoms with Crippen LogP contribution in [0.25, 0.3) is 0 Å². The summed E-state index contributed by atoms with van der Waals surface area (Å²) >= 11 is 0. The van der Waals surface area contributed by atoms with Gasteiger partial charge < -0.3 is 10.2 Å². The van der Waals surface area contributed by atoms with Crippen molar-refractivity contribution in [2.75, 3.05) is 24.5 Å². The van der Waals surface area contributed by atoms with Crippen LogP contribution in [0.15, 0.2) is 18.9 Å². The minimum atomic E-state index is 0.602. The molecular formula is C17H27N7. The smallest absolute Gasteiger partial charge is 0.137 e. The van der Waals surface area contributed by atoms with Crippen molar-refractivity contribution >= 4 is 5.82 Å². The molecule has 0 aromatic carbocycles. The summed E-state index contributed by atoms with van der Waals surface area (Å²) in [5.74, 6) is 1.99. The number of aryl methyl sites for hydroxylation is 3. The van der Waals surface area contributed by atoms with Gasteiger partial charge in [0.2, 0.25) is 0 Å². The molecule has 1 aliphatic heterocycles. The first-order chi connectivity index (χ1) is 11.8. The van der Waals surface area contributed by atoms with E-state index in [4.69, 9.17) is 0 Å². The molecule has 0 saturated carbocycles. The highest BCUT2D eigenvalue weighted by molar-refractivity contribution is 5.46. The largest absolute Gasteiger partial charge is 0.356 e. The molecule has 7 nitrogen and oxygen atoms in total. The molecule has 1 N–H and O–H groups in total. The highest BCUT2D eigenvalue weighted by Crippen LogP contribution is 2.22. The maximum Gasteiger partial charge on any atom is 0.137 e. The molecule has 1 saturated heterocycles. The zero-order valence-electron chi connectivity index (χ0n) is 14.6. The third kappa shape index (κ3) is 4.29. The van der Waals surface area contributed by atoms with Crippen molar-refractivity contribution in [3.8, 4) is 0 Å². The minimum absolute atomic E-state index is 0.602. The lowest BCUT2D eigenvalue weighted by atomic mass is 10.0. The third-order valence-corrected chi connectivity index (χ3v) is 4.60. The van der Waals surface area contributed by atoms with Gasteiger partial charge in [-0.25, -0.2) is 15.0 Å². The van der Waals surface area contributed by atoms with Gasteiger partial charge in [-0.2, -0.15) is 5.10 Å². The van der Waals surface area contributed by atoms with E-state index in [9.17, 15) is 0 Å². The van der Waals surface area contributed by atoms with E-state index >= 15 is 0 Å². The molecule has 1 aliphatic rings. The summed E-state index contributed by atoms with van der Waals surface area (Å²) in [6.07, 6.45) is 9.72. The highest BCUT2D eigenvalue weighted by atomic mass is 15.3. The summed E-state index contributed by atoms with van der Waals surface area (Å²) in [4.78, 5) is 15.4. The standard InChI is InChI=1S/C17H27N7/c1-3-15-11-20-14(2)22-17(15)23-9-5-16(6-10-23)19-7-4-8-24-13-18-12-21-24/h11-13,16,19H,3-10H2,1-2H3. The van der Waals surface area contributed by atoms with Crippen molar-refractivity contribution in [3.63, 3.8) is 0 Å². The molecule has 2 aromatic rings. The van der Waals surface area contributed by atoms with Gasteiger partial charge in [0.05, 0.1) is 0 Å². The molecule has 1 fully saturated rings. The van der Waals surface area contributed by atoms with Crippen LogP contribution in [-0.2, 0) is 13.0 Å². The zero-order chi connectivity index (χ0) is 16.8. The maximum atomic E-state index is 4.68. The van der Waals surface area contributed by atoms with E-state index in [1.54, 1.807) is 12.7 Å². The fraction of sp³-hybridized carbons (Fsp3) is 0.647. The Kier molecular flexibility index (Phi) is 5.74. The van der Waals surface area contributed by atoms with Crippen LogP contribution in [0.2, 0.25) is 0 Å². The van der Waals surface area contributed by atoms with E-state index in [2.05, 4.69) is 37.2 Å². The Balaban J connectivity index is 1.43. The number of aromatic nitrogens is 5. The fourth-order valence-electron chi connectivity index (χ4n) is 3.20. The number of rotatable bonds is 7. The number of nitrogens with one attached hydrogen (secondary N) is 1. The molecule has 0 aliphatic carbocycles. The number of hydrogen-bond donors (Lipinski definition) is 1. The summed E-state index contributed by atoms with van der Waals surface area (Å²) in [6.45, 7) is 8.20. The van der Waals surface area contributed by atoms with E-state index in [-0.39, 0.29) is 0 Å². The number of hydrogen-bond acceptors (Lipinski definition) is 6. The van der Waals surface area contributed by atoms with Crippen LogP contribution in [-0.4, -0.2) is 50.4 Å². The number of piperidine rings is 1. The molecule has 3 heterocycles. The molecule has 0 radical (unpaired) electrons. The van der Waals surface area contributed by atoms with Crippen molar-refractivity contribution in [1.29, 1.82) is 0 Å². The predicted molar refractivity (Wildman–Crippen MR) is 94.0 cm³/mol. The summed E-state index contributed by atoms with van der Waals surface area (Å²) in [6, 6.07) is 0.602. The number of nitrogens with zero attached hydrogens (tertiary/aromatic N) is 6. The Hall–Kier alpha value is -2.02. The lowest BCUT2D eigenvalue weighted by Gasteiger charge is -2.34. The molecule has 7 heteroatoms. The van der Waals surface area contributed by atoms with Crippen LogP contribution >= 0.6 is 0 Å². The first-order valence-corrected chi connectivity index (χ1v) is 8.89. The van der Waals surface area contributed by atoms with Crippen molar-refractivity contribution in [3.05, 3.63) is 30.2 Å². The maximum absolute atomic E-state index is 4.68. The summed E-state index contributed by atoms with van der Waals surface area (Å²) < 4.78 is 1.88. The van der Waals surface area contributed by atoms with Gasteiger partial charge in [0.15, 0.2) is 0 Å². The molecular weight excluding hydrogens is 302 g/mol. The van der Waals surface area contributed by atoms with Crippen LogP contribution in [0, 0.1) is 6.92 Å². The molecule has 0 bridgehead atoms. The molecule has 0 amide bonds. The average molecular weight is 329 g/mol. The second kappa shape index (κ2) is 8.19. The zero-order valence-corrected chi connectivity index (χ0v) is 14.6. The quantitative estimate of drug-likeness (QED) is 0.778. The monoisotopic (exact) mass is 329 g/mol. The van der Waals surface area contributed by atoms with Crippen molar-refractivity contribution in [1.82, 2.24) is 30.0 Å². The normalized spacial score (nSPS) is 15.8. The second-order valence-corrected chi connectivity index (χ2v) is 6.35. The first-order valence-electron chi connectivity index (χ1n) is 8.89. The predicted octanol–water partition coefficient (Wildman–Crippen LogP) is 1.59. The van der Waals surface area contributed by atoms with Gasteiger partial charge in [-0.15, -0.1) is 0 Å². The highest BCUT2D eigenvalue weighted by Gasteiger charge is 2.21. The molecule has 0 spiro atoms. The van der Waals surface area contributed by atoms with Gasteiger partial charge in [-0.05, 0) is 39.2 Å².